The summed E-state index contributed by atoms with van der Waals surface area (Å²) in [6, 6.07) is 8.45. The van der Waals surface area contributed by atoms with Gasteiger partial charge in [0.15, 0.2) is 0 Å². The molecule has 0 N–H and O–H groups in total. The molecule has 0 radical (unpaired) electrons. The highest BCUT2D eigenvalue weighted by atomic mass is 32.1. The summed E-state index contributed by atoms with van der Waals surface area (Å²) >= 11 is 1.73. The summed E-state index contributed by atoms with van der Waals surface area (Å²) in [4.78, 5) is 5.77. The predicted octanol–water partition coefficient (Wildman–Crippen LogP) is 4.42. The zero-order valence-electron chi connectivity index (χ0n) is 9.82. The van der Waals surface area contributed by atoms with Gasteiger partial charge in [0.05, 0.1) is 5.69 Å². The number of thiophene rings is 1. The van der Waals surface area contributed by atoms with Crippen LogP contribution >= 0.6 is 11.3 Å². The minimum atomic E-state index is 1.05. The van der Waals surface area contributed by atoms with Crippen LogP contribution in [-0.2, 0) is 0 Å². The van der Waals surface area contributed by atoms with Gasteiger partial charge in [0.1, 0.15) is 0 Å². The summed E-state index contributed by atoms with van der Waals surface area (Å²) in [5.74, 6) is 0. The average Bonchev–Trinajstić information content (AvgIpc) is 2.63. The first kappa shape index (κ1) is 11.1. The van der Waals surface area contributed by atoms with E-state index in [-0.39, 0.29) is 0 Å². The summed E-state index contributed by atoms with van der Waals surface area (Å²) in [7, 11) is 0. The largest absolute Gasteiger partial charge is 0.255 e. The molecule has 1 nitrogen and oxygen atoms in total. The molecule has 0 fully saturated rings. The summed E-state index contributed by atoms with van der Waals surface area (Å²) in [5, 5.41) is 2.10. The second kappa shape index (κ2) is 4.62. The standard InChI is InChI=1S/C14H15NS/c1-10-4-5-13(12(3)8-10)15-9-14-11(2)6-7-16-14/h4-9H,1-3H3. The molecular formula is C14H15NS. The van der Waals surface area contributed by atoms with E-state index in [1.807, 2.05) is 6.21 Å². The normalized spacial score (nSPS) is 11.2. The lowest BCUT2D eigenvalue weighted by molar-refractivity contribution is 1.35. The third-order valence-corrected chi connectivity index (χ3v) is 3.53. The lowest BCUT2D eigenvalue weighted by Gasteiger charge is -2.00. The van der Waals surface area contributed by atoms with E-state index in [1.165, 1.54) is 21.6 Å². The molecule has 0 saturated heterocycles. The van der Waals surface area contributed by atoms with Crippen molar-refractivity contribution in [3.63, 3.8) is 0 Å². The van der Waals surface area contributed by atoms with Gasteiger partial charge in [-0.1, -0.05) is 17.7 Å². The number of aryl methyl sites for hydroxylation is 3. The Bertz CT molecular complexity index is 523. The quantitative estimate of drug-likeness (QED) is 0.676. The van der Waals surface area contributed by atoms with E-state index in [0.29, 0.717) is 0 Å². The Balaban J connectivity index is 2.27. The van der Waals surface area contributed by atoms with E-state index in [2.05, 4.69) is 55.4 Å². The SMILES string of the molecule is Cc1ccc(N=Cc2sccc2C)c(C)c1. The molecule has 1 heterocycles. The molecule has 0 aliphatic carbocycles. The topological polar surface area (TPSA) is 12.4 Å². The molecule has 2 heteroatoms. The van der Waals surface area contributed by atoms with E-state index in [1.54, 1.807) is 11.3 Å². The molecule has 0 amide bonds. The van der Waals surface area contributed by atoms with Crippen molar-refractivity contribution in [1.29, 1.82) is 0 Å². The molecular weight excluding hydrogens is 214 g/mol. The third-order valence-electron chi connectivity index (χ3n) is 2.57. The van der Waals surface area contributed by atoms with Crippen LogP contribution in [0.2, 0.25) is 0 Å². The number of hydrogen-bond acceptors (Lipinski definition) is 2. The highest BCUT2D eigenvalue weighted by Gasteiger charge is 1.97. The van der Waals surface area contributed by atoms with Crippen LogP contribution in [0.25, 0.3) is 0 Å². The monoisotopic (exact) mass is 229 g/mol. The van der Waals surface area contributed by atoms with Gasteiger partial charge in [-0.2, -0.15) is 0 Å². The molecule has 1 aromatic carbocycles. The van der Waals surface area contributed by atoms with Crippen molar-refractivity contribution >= 4 is 23.2 Å². The maximum absolute atomic E-state index is 4.54. The molecule has 0 saturated carbocycles. The molecule has 16 heavy (non-hydrogen) atoms. The lowest BCUT2D eigenvalue weighted by atomic mass is 10.1. The highest BCUT2D eigenvalue weighted by molar-refractivity contribution is 7.11. The van der Waals surface area contributed by atoms with Gasteiger partial charge in [0.2, 0.25) is 0 Å². The van der Waals surface area contributed by atoms with Crippen molar-refractivity contribution in [1.82, 2.24) is 0 Å². The van der Waals surface area contributed by atoms with Crippen LogP contribution in [0.3, 0.4) is 0 Å². The Morgan fingerprint density at radius 3 is 2.50 bits per heavy atom. The molecule has 0 aliphatic rings. The maximum Gasteiger partial charge on any atom is 0.0659 e. The zero-order chi connectivity index (χ0) is 11.5. The Morgan fingerprint density at radius 2 is 1.88 bits per heavy atom. The summed E-state index contributed by atoms with van der Waals surface area (Å²) < 4.78 is 0. The first-order valence-corrected chi connectivity index (χ1v) is 6.20. The lowest BCUT2D eigenvalue weighted by Crippen LogP contribution is -1.80. The van der Waals surface area contributed by atoms with Gasteiger partial charge in [0.25, 0.3) is 0 Å². The predicted molar refractivity (Wildman–Crippen MR) is 72.2 cm³/mol. The van der Waals surface area contributed by atoms with Gasteiger partial charge in [-0.05, 0) is 49.4 Å². The van der Waals surface area contributed by atoms with Crippen molar-refractivity contribution in [3.8, 4) is 0 Å². The molecule has 2 aromatic rings. The minimum Gasteiger partial charge on any atom is -0.255 e. The van der Waals surface area contributed by atoms with Crippen LogP contribution in [0.15, 0.2) is 34.6 Å². The van der Waals surface area contributed by atoms with Crippen molar-refractivity contribution in [3.05, 3.63) is 51.2 Å². The molecule has 0 spiro atoms. The van der Waals surface area contributed by atoms with Gasteiger partial charge < -0.3 is 0 Å². The molecule has 0 aliphatic heterocycles. The molecule has 82 valence electrons. The molecule has 0 unspecified atom stereocenters. The summed E-state index contributed by atoms with van der Waals surface area (Å²) in [5.41, 5.74) is 4.85. The second-order valence-corrected chi connectivity index (χ2v) is 4.96. The number of benzene rings is 1. The van der Waals surface area contributed by atoms with E-state index in [4.69, 9.17) is 0 Å². The molecule has 0 bridgehead atoms. The fourth-order valence-corrected chi connectivity index (χ4v) is 2.38. The van der Waals surface area contributed by atoms with Crippen LogP contribution in [0, 0.1) is 20.8 Å². The summed E-state index contributed by atoms with van der Waals surface area (Å²) in [6.45, 7) is 6.31. The number of hydrogen-bond donors (Lipinski definition) is 0. The number of aliphatic imine (C=N–C) groups is 1. The summed E-state index contributed by atoms with van der Waals surface area (Å²) in [6.07, 6.45) is 1.96. The average molecular weight is 229 g/mol. The van der Waals surface area contributed by atoms with E-state index < -0.39 is 0 Å². The fraction of sp³-hybridized carbons (Fsp3) is 0.214. The number of nitrogens with zero attached hydrogens (tertiary/aromatic N) is 1. The van der Waals surface area contributed by atoms with E-state index in [0.717, 1.165) is 5.69 Å². The van der Waals surface area contributed by atoms with E-state index in [9.17, 15) is 0 Å². The van der Waals surface area contributed by atoms with Crippen molar-refractivity contribution < 1.29 is 0 Å². The van der Waals surface area contributed by atoms with Crippen LogP contribution < -0.4 is 0 Å². The van der Waals surface area contributed by atoms with Crippen LogP contribution in [0.5, 0.6) is 0 Å². The fourth-order valence-electron chi connectivity index (χ4n) is 1.60. The molecule has 1 aromatic heterocycles. The Labute approximate surface area is 100 Å². The van der Waals surface area contributed by atoms with Crippen molar-refractivity contribution in [2.75, 3.05) is 0 Å². The highest BCUT2D eigenvalue weighted by Crippen LogP contribution is 2.20. The smallest absolute Gasteiger partial charge is 0.0659 e. The first-order valence-electron chi connectivity index (χ1n) is 5.32. The minimum absolute atomic E-state index is 1.05. The van der Waals surface area contributed by atoms with E-state index >= 15 is 0 Å². The number of rotatable bonds is 2. The van der Waals surface area contributed by atoms with Crippen molar-refractivity contribution in [2.45, 2.75) is 20.8 Å². The molecule has 0 atom stereocenters. The first-order chi connectivity index (χ1) is 7.66. The van der Waals surface area contributed by atoms with Crippen LogP contribution in [0.1, 0.15) is 21.6 Å². The van der Waals surface area contributed by atoms with Gasteiger partial charge in [0, 0.05) is 11.1 Å². The second-order valence-electron chi connectivity index (χ2n) is 4.02. The van der Waals surface area contributed by atoms with Gasteiger partial charge in [-0.3, -0.25) is 4.99 Å². The van der Waals surface area contributed by atoms with Crippen LogP contribution in [-0.4, -0.2) is 6.21 Å². The Hall–Kier alpha value is -1.41. The van der Waals surface area contributed by atoms with Gasteiger partial charge in [-0.25, -0.2) is 0 Å². The van der Waals surface area contributed by atoms with Crippen molar-refractivity contribution in [2.24, 2.45) is 4.99 Å². The third kappa shape index (κ3) is 2.39. The zero-order valence-corrected chi connectivity index (χ0v) is 10.6. The van der Waals surface area contributed by atoms with Gasteiger partial charge >= 0.3 is 0 Å². The Morgan fingerprint density at radius 1 is 1.06 bits per heavy atom. The van der Waals surface area contributed by atoms with Gasteiger partial charge in [-0.15, -0.1) is 11.3 Å². The van der Waals surface area contributed by atoms with Crippen LogP contribution in [0.4, 0.5) is 5.69 Å². The Kier molecular flexibility index (Phi) is 3.20. The molecule has 2 rings (SSSR count). The maximum atomic E-state index is 4.54.